The van der Waals surface area contributed by atoms with Gasteiger partial charge in [0.15, 0.2) is 5.82 Å². The molecule has 4 heterocycles. The van der Waals surface area contributed by atoms with Gasteiger partial charge in [-0.1, -0.05) is 19.9 Å². The van der Waals surface area contributed by atoms with E-state index in [1.54, 1.807) is 12.3 Å². The molecule has 3 aromatic heterocycles. The van der Waals surface area contributed by atoms with Crippen molar-refractivity contribution in [3.8, 4) is 11.4 Å². The Labute approximate surface area is 236 Å². The van der Waals surface area contributed by atoms with Gasteiger partial charge >= 0.3 is 6.18 Å². The largest absolute Gasteiger partial charge is 0.410 e. The van der Waals surface area contributed by atoms with Crippen molar-refractivity contribution in [3.63, 3.8) is 0 Å². The Balaban J connectivity index is 1.42. The molecule has 1 aromatic carbocycles. The fraction of sp³-hybridized carbons (Fsp3) is 0.429. The lowest BCUT2D eigenvalue weighted by atomic mass is 9.88. The van der Waals surface area contributed by atoms with E-state index in [-0.39, 0.29) is 29.5 Å². The summed E-state index contributed by atoms with van der Waals surface area (Å²) in [7, 11) is -3.06. The number of nitrogens with one attached hydrogen (secondary N) is 1. The molecule has 41 heavy (non-hydrogen) atoms. The molecule has 1 aliphatic heterocycles. The van der Waals surface area contributed by atoms with Crippen LogP contribution >= 0.6 is 0 Å². The monoisotopic (exact) mass is 587 g/mol. The summed E-state index contributed by atoms with van der Waals surface area (Å²) in [5, 5.41) is 9.03. The first-order valence-corrected chi connectivity index (χ1v) is 15.4. The van der Waals surface area contributed by atoms with Crippen molar-refractivity contribution in [3.05, 3.63) is 54.6 Å². The first kappa shape index (κ1) is 28.8. The van der Waals surface area contributed by atoms with Gasteiger partial charge in [-0.15, -0.1) is 0 Å². The lowest BCUT2D eigenvalue weighted by molar-refractivity contribution is -0.165. The smallest absolute Gasteiger partial charge is 0.368 e. The minimum absolute atomic E-state index is 0.0782. The molecule has 0 spiro atoms. The topological polar surface area (TPSA) is 106 Å². The van der Waals surface area contributed by atoms with E-state index in [1.807, 2.05) is 13.0 Å². The second-order valence-electron chi connectivity index (χ2n) is 11.0. The van der Waals surface area contributed by atoms with E-state index in [1.165, 1.54) is 24.8 Å². The highest BCUT2D eigenvalue weighted by Crippen LogP contribution is 2.39. The molecule has 0 aliphatic carbocycles. The number of sulfone groups is 1. The molecule has 5 rings (SSSR count). The number of aromatic nitrogens is 5. The summed E-state index contributed by atoms with van der Waals surface area (Å²) in [5.74, 6) is 1.71. The average Bonchev–Trinajstić information content (AvgIpc) is 3.39. The van der Waals surface area contributed by atoms with E-state index in [4.69, 9.17) is 0 Å². The van der Waals surface area contributed by atoms with Crippen LogP contribution in [0.4, 0.5) is 30.5 Å². The van der Waals surface area contributed by atoms with Crippen LogP contribution in [0.2, 0.25) is 0 Å². The number of hydrogen-bond acceptors (Lipinski definition) is 8. The predicted molar refractivity (Wildman–Crippen MR) is 153 cm³/mol. The highest BCUT2D eigenvalue weighted by atomic mass is 32.2. The first-order chi connectivity index (χ1) is 19.2. The summed E-state index contributed by atoms with van der Waals surface area (Å²) >= 11 is 0. The number of benzene rings is 1. The van der Waals surface area contributed by atoms with Gasteiger partial charge in [0.2, 0.25) is 0 Å². The van der Waals surface area contributed by atoms with Gasteiger partial charge in [-0.3, -0.25) is 4.68 Å². The van der Waals surface area contributed by atoms with E-state index in [0.717, 1.165) is 33.6 Å². The minimum Gasteiger partial charge on any atom is -0.368 e. The van der Waals surface area contributed by atoms with E-state index >= 15 is 0 Å². The molecule has 1 fully saturated rings. The maximum absolute atomic E-state index is 13.1. The van der Waals surface area contributed by atoms with Crippen molar-refractivity contribution in [1.29, 1.82) is 0 Å². The number of alkyl halides is 3. The zero-order chi connectivity index (χ0) is 29.7. The van der Waals surface area contributed by atoms with Crippen molar-refractivity contribution in [2.24, 2.45) is 5.92 Å². The minimum atomic E-state index is -4.42. The van der Waals surface area contributed by atoms with Crippen molar-refractivity contribution in [1.82, 2.24) is 24.7 Å². The molecule has 1 saturated heterocycles. The molecule has 0 bridgehead atoms. The van der Waals surface area contributed by atoms with E-state index in [2.05, 4.69) is 56.2 Å². The van der Waals surface area contributed by atoms with Crippen molar-refractivity contribution in [2.45, 2.75) is 51.9 Å². The number of rotatable bonds is 8. The Morgan fingerprint density at radius 2 is 1.83 bits per heavy atom. The maximum atomic E-state index is 13.1. The number of halogens is 3. The van der Waals surface area contributed by atoms with Gasteiger partial charge in [-0.25, -0.2) is 23.4 Å². The number of hydrogen-bond donors (Lipinski definition) is 1. The normalized spacial score (nSPS) is 18.5. The summed E-state index contributed by atoms with van der Waals surface area (Å²) in [6, 6.07) is 6.10. The Bertz CT molecular complexity index is 1690. The van der Waals surface area contributed by atoms with Gasteiger partial charge in [0, 0.05) is 54.4 Å². The van der Waals surface area contributed by atoms with Crippen LogP contribution in [0, 0.1) is 5.92 Å². The summed E-state index contributed by atoms with van der Waals surface area (Å²) in [6.45, 7) is 7.98. The quantitative estimate of drug-likeness (QED) is 0.278. The zero-order valence-electron chi connectivity index (χ0n) is 23.4. The zero-order valence-corrected chi connectivity index (χ0v) is 24.2. The molecule has 218 valence electrons. The molecular weight excluding hydrogens is 555 g/mol. The molecular formula is C28H32F3N7O2S. The van der Waals surface area contributed by atoms with Crippen LogP contribution in [0.3, 0.4) is 0 Å². The molecule has 0 radical (unpaired) electrons. The van der Waals surface area contributed by atoms with Gasteiger partial charge in [0.25, 0.3) is 0 Å². The third-order valence-corrected chi connectivity index (χ3v) is 8.64. The Morgan fingerprint density at radius 3 is 2.49 bits per heavy atom. The second kappa shape index (κ2) is 10.6. The van der Waals surface area contributed by atoms with E-state index < -0.39 is 22.1 Å². The number of pyridine rings is 1. The fourth-order valence-corrected chi connectivity index (χ4v) is 6.33. The van der Waals surface area contributed by atoms with E-state index in [9.17, 15) is 21.6 Å². The number of nitrogens with zero attached hydrogens (tertiary/aromatic N) is 6. The lowest BCUT2D eigenvalue weighted by Gasteiger charge is -2.48. The van der Waals surface area contributed by atoms with Gasteiger partial charge in [0.05, 0.1) is 17.5 Å². The lowest BCUT2D eigenvalue weighted by Crippen LogP contribution is -2.57. The van der Waals surface area contributed by atoms with Gasteiger partial charge in [0.1, 0.15) is 27.5 Å². The van der Waals surface area contributed by atoms with Crippen molar-refractivity contribution < 1.29 is 21.6 Å². The molecule has 1 aliphatic rings. The standard InChI is InChI=1S/C28H32F3N7O2S/c1-16(2)21-6-7-24(37-13-20(17(37)3)15-41(5,39)40)23-12-33-26(10-22(21)23)35-25-8-9-32-27(36-25)19-11-34-38(14-19)18(4)28(29,30)31/h6-12,14,16-18,20H,13,15H2,1-5H3,(H,32,33,35,36)/t17-,18-,20-/m1/s1. The Hall–Kier alpha value is -3.74. The van der Waals surface area contributed by atoms with Crippen LogP contribution in [0.15, 0.2) is 49.1 Å². The Morgan fingerprint density at radius 1 is 1.07 bits per heavy atom. The van der Waals surface area contributed by atoms with Crippen LogP contribution in [0.25, 0.3) is 22.2 Å². The Kier molecular flexibility index (Phi) is 7.43. The average molecular weight is 588 g/mol. The summed E-state index contributed by atoms with van der Waals surface area (Å²) in [5.41, 5.74) is 2.51. The van der Waals surface area contributed by atoms with Crippen molar-refractivity contribution >= 4 is 37.9 Å². The summed E-state index contributed by atoms with van der Waals surface area (Å²) in [4.78, 5) is 15.5. The van der Waals surface area contributed by atoms with Crippen LogP contribution in [-0.4, -0.2) is 63.9 Å². The van der Waals surface area contributed by atoms with Gasteiger partial charge in [-0.2, -0.15) is 18.3 Å². The van der Waals surface area contributed by atoms with Gasteiger partial charge in [-0.05, 0) is 48.9 Å². The third kappa shape index (κ3) is 5.99. The molecule has 13 heteroatoms. The molecule has 0 saturated carbocycles. The van der Waals surface area contributed by atoms with E-state index in [0.29, 0.717) is 23.7 Å². The van der Waals surface area contributed by atoms with Crippen LogP contribution < -0.4 is 10.2 Å². The molecule has 1 N–H and O–H groups in total. The molecule has 0 amide bonds. The number of anilines is 3. The first-order valence-electron chi connectivity index (χ1n) is 13.3. The van der Waals surface area contributed by atoms with Crippen LogP contribution in [0.1, 0.15) is 45.2 Å². The molecule has 3 atom stereocenters. The van der Waals surface area contributed by atoms with Crippen LogP contribution in [-0.2, 0) is 9.84 Å². The molecule has 4 aromatic rings. The third-order valence-electron chi connectivity index (χ3n) is 7.61. The SMILES string of the molecule is CC(C)c1ccc(N2C[C@H](CS(C)(=O)=O)[C@H]2C)c2cnc(Nc3ccnc(-c4cnn([C@H](C)C(F)(F)F)c4)n3)cc12. The van der Waals surface area contributed by atoms with Crippen molar-refractivity contribution in [2.75, 3.05) is 28.8 Å². The number of fused-ring (bicyclic) bond motifs is 1. The van der Waals surface area contributed by atoms with Gasteiger partial charge < -0.3 is 10.2 Å². The maximum Gasteiger partial charge on any atom is 0.410 e. The molecule has 9 nitrogen and oxygen atoms in total. The predicted octanol–water partition coefficient (Wildman–Crippen LogP) is 5.75. The highest BCUT2D eigenvalue weighted by Gasteiger charge is 2.39. The summed E-state index contributed by atoms with van der Waals surface area (Å²) < 4.78 is 63.8. The molecule has 0 unspecified atom stereocenters. The highest BCUT2D eigenvalue weighted by molar-refractivity contribution is 7.90. The van der Waals surface area contributed by atoms with Crippen LogP contribution in [0.5, 0.6) is 0 Å². The summed E-state index contributed by atoms with van der Waals surface area (Å²) in [6.07, 6.45) is 2.76. The fourth-order valence-electron chi connectivity index (χ4n) is 5.17. The second-order valence-corrected chi connectivity index (χ2v) is 13.2.